The van der Waals surface area contributed by atoms with Crippen molar-refractivity contribution < 1.29 is 22.7 Å². The second-order valence-electron chi connectivity index (χ2n) is 4.59. The highest BCUT2D eigenvalue weighted by molar-refractivity contribution is 7.90. The molecule has 1 aromatic rings. The molecule has 7 nitrogen and oxygen atoms in total. The van der Waals surface area contributed by atoms with Gasteiger partial charge in [0.1, 0.15) is 9.84 Å². The Hall–Kier alpha value is -1.93. The van der Waals surface area contributed by atoms with E-state index in [9.17, 15) is 18.0 Å². The number of hydrogen-bond acceptors (Lipinski definition) is 6. The highest BCUT2D eigenvalue weighted by atomic mass is 32.2. The molecule has 1 rings (SSSR count). The summed E-state index contributed by atoms with van der Waals surface area (Å²) in [6.45, 7) is 0. The Labute approximate surface area is 123 Å². The fourth-order valence-corrected chi connectivity index (χ4v) is 2.23. The average molecular weight is 314 g/mol. The first-order valence-corrected chi connectivity index (χ1v) is 8.21. The number of nitrogens with one attached hydrogen (secondary N) is 1. The number of nitrogens with two attached hydrogens (primary N) is 1. The molecular weight excluding hydrogens is 296 g/mol. The zero-order valence-corrected chi connectivity index (χ0v) is 12.6. The van der Waals surface area contributed by atoms with Gasteiger partial charge < -0.3 is 15.8 Å². The molecule has 0 heterocycles. The fraction of sp³-hybridized carbons (Fsp3) is 0.385. The van der Waals surface area contributed by atoms with Crippen LogP contribution in [0.15, 0.2) is 24.3 Å². The van der Waals surface area contributed by atoms with E-state index in [1.807, 2.05) is 0 Å². The van der Waals surface area contributed by atoms with Gasteiger partial charge in [-0.3, -0.25) is 4.79 Å². The van der Waals surface area contributed by atoms with Gasteiger partial charge in [0.05, 0.1) is 24.5 Å². The van der Waals surface area contributed by atoms with E-state index in [2.05, 4.69) is 10.1 Å². The van der Waals surface area contributed by atoms with Crippen LogP contribution in [0, 0.1) is 0 Å². The van der Waals surface area contributed by atoms with Gasteiger partial charge in [-0.2, -0.15) is 0 Å². The van der Waals surface area contributed by atoms with Gasteiger partial charge in [-0.25, -0.2) is 13.2 Å². The number of ether oxygens (including phenoxy) is 1. The van der Waals surface area contributed by atoms with E-state index in [1.165, 1.54) is 13.2 Å². The lowest BCUT2D eigenvalue weighted by Gasteiger charge is -2.12. The van der Waals surface area contributed by atoms with E-state index in [-0.39, 0.29) is 12.2 Å². The summed E-state index contributed by atoms with van der Waals surface area (Å²) in [4.78, 5) is 23.2. The first kappa shape index (κ1) is 17.1. The Bertz CT molecular complexity index is 627. The molecule has 21 heavy (non-hydrogen) atoms. The molecule has 0 aromatic heterocycles. The third-order valence-corrected chi connectivity index (χ3v) is 3.66. The zero-order valence-electron chi connectivity index (χ0n) is 11.8. The van der Waals surface area contributed by atoms with Gasteiger partial charge in [0.25, 0.3) is 0 Å². The number of hydrogen-bond donors (Lipinski definition) is 2. The predicted octanol–water partition coefficient (Wildman–Crippen LogP) is 0.174. The minimum absolute atomic E-state index is 0.0291. The number of methoxy groups -OCH3 is 1. The average Bonchev–Trinajstić information content (AvgIpc) is 2.43. The number of sulfone groups is 1. The molecule has 0 saturated heterocycles. The van der Waals surface area contributed by atoms with Gasteiger partial charge in [-0.05, 0) is 24.6 Å². The van der Waals surface area contributed by atoms with Crippen molar-refractivity contribution in [2.45, 2.75) is 12.5 Å². The number of carbonyl (C=O) groups is 2. The Morgan fingerprint density at radius 2 is 2.05 bits per heavy atom. The van der Waals surface area contributed by atoms with Crippen LogP contribution in [-0.4, -0.2) is 45.5 Å². The molecule has 0 aliphatic heterocycles. The lowest BCUT2D eigenvalue weighted by Crippen LogP contribution is -2.37. The van der Waals surface area contributed by atoms with Gasteiger partial charge in [0.2, 0.25) is 5.91 Å². The highest BCUT2D eigenvalue weighted by Crippen LogP contribution is 2.12. The molecule has 0 bridgehead atoms. The van der Waals surface area contributed by atoms with Crippen LogP contribution in [0.3, 0.4) is 0 Å². The van der Waals surface area contributed by atoms with E-state index >= 15 is 0 Å². The summed E-state index contributed by atoms with van der Waals surface area (Å²) >= 11 is 0. The number of anilines is 1. The van der Waals surface area contributed by atoms with E-state index in [1.54, 1.807) is 18.2 Å². The van der Waals surface area contributed by atoms with Crippen molar-refractivity contribution in [2.24, 2.45) is 5.73 Å². The summed E-state index contributed by atoms with van der Waals surface area (Å²) in [6, 6.07) is 5.23. The molecule has 0 radical (unpaired) electrons. The third-order valence-electron chi connectivity index (χ3n) is 2.69. The minimum Gasteiger partial charge on any atom is -0.465 e. The fourth-order valence-electron chi connectivity index (χ4n) is 1.55. The van der Waals surface area contributed by atoms with Crippen LogP contribution < -0.4 is 11.1 Å². The zero-order chi connectivity index (χ0) is 16.0. The van der Waals surface area contributed by atoms with E-state index < -0.39 is 27.8 Å². The molecule has 1 atom stereocenters. The van der Waals surface area contributed by atoms with Crippen molar-refractivity contribution in [3.8, 4) is 0 Å². The maximum atomic E-state index is 11.8. The van der Waals surface area contributed by atoms with Crippen LogP contribution in [0.2, 0.25) is 0 Å². The number of carbonyl (C=O) groups excluding carboxylic acids is 2. The summed E-state index contributed by atoms with van der Waals surface area (Å²) < 4.78 is 26.6. The molecule has 0 fully saturated rings. The topological polar surface area (TPSA) is 116 Å². The van der Waals surface area contributed by atoms with Crippen molar-refractivity contribution in [2.75, 3.05) is 24.4 Å². The van der Waals surface area contributed by atoms with Gasteiger partial charge in [0, 0.05) is 11.9 Å². The third kappa shape index (κ3) is 5.92. The molecule has 3 N–H and O–H groups in total. The van der Waals surface area contributed by atoms with Crippen LogP contribution in [0.5, 0.6) is 0 Å². The van der Waals surface area contributed by atoms with Gasteiger partial charge in [0.15, 0.2) is 0 Å². The maximum Gasteiger partial charge on any atom is 0.337 e. The molecule has 116 valence electrons. The Balaban J connectivity index is 2.68. The van der Waals surface area contributed by atoms with Crippen LogP contribution in [0.1, 0.15) is 16.8 Å². The van der Waals surface area contributed by atoms with E-state index in [0.717, 1.165) is 6.26 Å². The number of amides is 1. The van der Waals surface area contributed by atoms with Gasteiger partial charge in [-0.1, -0.05) is 6.07 Å². The summed E-state index contributed by atoms with van der Waals surface area (Å²) in [5.74, 6) is -1.20. The first-order valence-electron chi connectivity index (χ1n) is 6.15. The smallest absolute Gasteiger partial charge is 0.337 e. The molecule has 1 amide bonds. The molecular formula is C13H18N2O5S. The molecule has 0 aliphatic rings. The van der Waals surface area contributed by atoms with E-state index in [4.69, 9.17) is 5.73 Å². The Morgan fingerprint density at radius 3 is 2.62 bits per heavy atom. The molecule has 0 aliphatic carbocycles. The van der Waals surface area contributed by atoms with Gasteiger partial charge >= 0.3 is 5.97 Å². The quantitative estimate of drug-likeness (QED) is 0.723. The second kappa shape index (κ2) is 7.19. The largest absolute Gasteiger partial charge is 0.465 e. The normalized spacial score (nSPS) is 12.5. The maximum absolute atomic E-state index is 11.8. The standard InChI is InChI=1S/C13H18N2O5S/c1-20-13(17)9-4-3-5-10(8-9)15-12(16)11(14)6-7-21(2,18)19/h3-5,8,11H,6-7,14H2,1-2H3,(H,15,16). The summed E-state index contributed by atoms with van der Waals surface area (Å²) in [5.41, 5.74) is 6.31. The monoisotopic (exact) mass is 314 g/mol. The van der Waals surface area contributed by atoms with Crippen molar-refractivity contribution >= 4 is 27.4 Å². The lowest BCUT2D eigenvalue weighted by atomic mass is 10.2. The SMILES string of the molecule is COC(=O)c1cccc(NC(=O)C(N)CCS(C)(=O)=O)c1. The summed E-state index contributed by atoms with van der Waals surface area (Å²) in [6.07, 6.45) is 1.11. The Kier molecular flexibility index (Phi) is 5.86. The number of rotatable bonds is 6. The van der Waals surface area contributed by atoms with Crippen LogP contribution in [0.25, 0.3) is 0 Å². The first-order chi connectivity index (χ1) is 9.73. The van der Waals surface area contributed by atoms with Crippen molar-refractivity contribution in [1.29, 1.82) is 0 Å². The summed E-state index contributed by atoms with van der Waals surface area (Å²) in [7, 11) is -1.91. The van der Waals surface area contributed by atoms with Crippen molar-refractivity contribution in [3.63, 3.8) is 0 Å². The lowest BCUT2D eigenvalue weighted by molar-refractivity contribution is -0.117. The molecule has 0 spiro atoms. The van der Waals surface area contributed by atoms with Crippen LogP contribution in [-0.2, 0) is 19.4 Å². The molecule has 0 saturated carbocycles. The number of esters is 1. The van der Waals surface area contributed by atoms with Gasteiger partial charge in [-0.15, -0.1) is 0 Å². The highest BCUT2D eigenvalue weighted by Gasteiger charge is 2.16. The Morgan fingerprint density at radius 1 is 1.38 bits per heavy atom. The second-order valence-corrected chi connectivity index (χ2v) is 6.85. The van der Waals surface area contributed by atoms with Crippen LogP contribution >= 0.6 is 0 Å². The predicted molar refractivity (Wildman–Crippen MR) is 78.7 cm³/mol. The summed E-state index contributed by atoms with van der Waals surface area (Å²) in [5, 5.41) is 2.53. The number of benzene rings is 1. The van der Waals surface area contributed by atoms with E-state index in [0.29, 0.717) is 11.3 Å². The van der Waals surface area contributed by atoms with Crippen molar-refractivity contribution in [3.05, 3.63) is 29.8 Å². The molecule has 1 unspecified atom stereocenters. The molecule has 8 heteroatoms. The molecule has 1 aromatic carbocycles. The minimum atomic E-state index is -3.17. The van der Waals surface area contributed by atoms with Crippen LogP contribution in [0.4, 0.5) is 5.69 Å². The van der Waals surface area contributed by atoms with Crippen molar-refractivity contribution in [1.82, 2.24) is 0 Å².